The fourth-order valence-corrected chi connectivity index (χ4v) is 2.04. The van der Waals surface area contributed by atoms with Gasteiger partial charge in [-0.1, -0.05) is 11.6 Å². The van der Waals surface area contributed by atoms with Crippen LogP contribution in [-0.4, -0.2) is 25.0 Å². The zero-order valence-corrected chi connectivity index (χ0v) is 13.6. The van der Waals surface area contributed by atoms with Gasteiger partial charge in [0, 0.05) is 17.0 Å². The van der Waals surface area contributed by atoms with E-state index in [1.165, 1.54) is 24.3 Å². The molecule has 0 aliphatic rings. The number of Topliss-reactive ketones (excluding diaryl/α,β-unsaturated/α-hetero) is 1. The molecule has 2 rings (SSSR count). The second kappa shape index (κ2) is 9.03. The van der Waals surface area contributed by atoms with Crippen molar-refractivity contribution in [2.24, 2.45) is 0 Å². The summed E-state index contributed by atoms with van der Waals surface area (Å²) < 4.78 is 23.0. The average molecular weight is 351 g/mol. The average Bonchev–Trinajstić information content (AvgIpc) is 2.58. The molecule has 4 nitrogen and oxygen atoms in total. The normalized spacial score (nSPS) is 10.2. The molecule has 2 aromatic rings. The Kier molecular flexibility index (Phi) is 6.75. The maximum atomic E-state index is 12.8. The standard InChI is InChI=1S/C18H16ClFO4/c19-14-5-9-16(10-6-14)24-12-18(22)23-11-1-2-17(21)13-3-7-15(20)8-4-13/h3-10H,1-2,11-12H2. The van der Waals surface area contributed by atoms with Crippen LogP contribution in [0.25, 0.3) is 0 Å². The quantitative estimate of drug-likeness (QED) is 0.409. The Morgan fingerprint density at radius 2 is 1.67 bits per heavy atom. The van der Waals surface area contributed by atoms with E-state index in [1.54, 1.807) is 24.3 Å². The van der Waals surface area contributed by atoms with Crippen molar-refractivity contribution >= 4 is 23.4 Å². The third-order valence-electron chi connectivity index (χ3n) is 3.15. The number of halogens is 2. The second-order valence-corrected chi connectivity index (χ2v) is 5.43. The van der Waals surface area contributed by atoms with Crippen LogP contribution in [0.3, 0.4) is 0 Å². The highest BCUT2D eigenvalue weighted by atomic mass is 35.5. The molecule has 24 heavy (non-hydrogen) atoms. The molecule has 0 unspecified atom stereocenters. The molecule has 2 aromatic carbocycles. The van der Waals surface area contributed by atoms with Crippen LogP contribution >= 0.6 is 11.6 Å². The van der Waals surface area contributed by atoms with Gasteiger partial charge in [0.25, 0.3) is 0 Å². The van der Waals surface area contributed by atoms with Gasteiger partial charge in [-0.3, -0.25) is 4.79 Å². The van der Waals surface area contributed by atoms with E-state index in [0.29, 0.717) is 22.8 Å². The van der Waals surface area contributed by atoms with Crippen LogP contribution in [0.5, 0.6) is 5.75 Å². The van der Waals surface area contributed by atoms with Crippen molar-refractivity contribution in [3.05, 3.63) is 64.9 Å². The Balaban J connectivity index is 1.63. The molecule has 0 amide bonds. The van der Waals surface area contributed by atoms with E-state index in [0.717, 1.165) is 0 Å². The monoisotopic (exact) mass is 350 g/mol. The van der Waals surface area contributed by atoms with Gasteiger partial charge in [0.1, 0.15) is 11.6 Å². The smallest absolute Gasteiger partial charge is 0.344 e. The fourth-order valence-electron chi connectivity index (χ4n) is 1.91. The summed E-state index contributed by atoms with van der Waals surface area (Å²) in [5.74, 6) is -0.508. The molecule has 0 bridgehead atoms. The Bertz CT molecular complexity index is 683. The van der Waals surface area contributed by atoms with Crippen LogP contribution in [0, 0.1) is 5.82 Å². The van der Waals surface area contributed by atoms with Gasteiger partial charge in [0.15, 0.2) is 12.4 Å². The van der Waals surface area contributed by atoms with Crippen molar-refractivity contribution in [1.29, 1.82) is 0 Å². The summed E-state index contributed by atoms with van der Waals surface area (Å²) in [6, 6.07) is 12.0. The van der Waals surface area contributed by atoms with E-state index in [9.17, 15) is 14.0 Å². The molecule has 0 atom stereocenters. The zero-order valence-electron chi connectivity index (χ0n) is 12.8. The number of carbonyl (C=O) groups excluding carboxylic acids is 2. The molecule has 6 heteroatoms. The van der Waals surface area contributed by atoms with Crippen LogP contribution < -0.4 is 4.74 Å². The minimum absolute atomic E-state index is 0.121. The number of ether oxygens (including phenoxy) is 2. The lowest BCUT2D eigenvalue weighted by Gasteiger charge is -2.07. The highest BCUT2D eigenvalue weighted by Gasteiger charge is 2.08. The number of hydrogen-bond donors (Lipinski definition) is 0. The SMILES string of the molecule is O=C(COc1ccc(Cl)cc1)OCCCC(=O)c1ccc(F)cc1. The molecule has 126 valence electrons. The summed E-state index contributed by atoms with van der Waals surface area (Å²) in [6.07, 6.45) is 0.611. The predicted octanol–water partition coefficient (Wildman–Crippen LogP) is 4.06. The van der Waals surface area contributed by atoms with E-state index in [-0.39, 0.29) is 31.2 Å². The summed E-state index contributed by atoms with van der Waals surface area (Å²) >= 11 is 5.74. The lowest BCUT2D eigenvalue weighted by Crippen LogP contribution is -2.16. The van der Waals surface area contributed by atoms with Gasteiger partial charge in [-0.05, 0) is 55.0 Å². The van der Waals surface area contributed by atoms with Gasteiger partial charge in [-0.15, -0.1) is 0 Å². The van der Waals surface area contributed by atoms with Crippen LogP contribution in [0.15, 0.2) is 48.5 Å². The van der Waals surface area contributed by atoms with Crippen LogP contribution in [0.1, 0.15) is 23.2 Å². The van der Waals surface area contributed by atoms with Gasteiger partial charge < -0.3 is 9.47 Å². The highest BCUT2D eigenvalue weighted by Crippen LogP contribution is 2.15. The van der Waals surface area contributed by atoms with Gasteiger partial charge in [0.05, 0.1) is 6.61 Å². The first-order valence-electron chi connectivity index (χ1n) is 7.37. The summed E-state index contributed by atoms with van der Waals surface area (Å²) in [4.78, 5) is 23.4. The van der Waals surface area contributed by atoms with Crippen molar-refractivity contribution in [3.8, 4) is 5.75 Å². The van der Waals surface area contributed by atoms with Gasteiger partial charge in [-0.2, -0.15) is 0 Å². The number of ketones is 1. The molecule has 0 aliphatic heterocycles. The molecule has 0 fully saturated rings. The minimum Gasteiger partial charge on any atom is -0.482 e. The second-order valence-electron chi connectivity index (χ2n) is 5.00. The Labute approximate surface area is 144 Å². The van der Waals surface area contributed by atoms with Gasteiger partial charge in [0.2, 0.25) is 0 Å². The van der Waals surface area contributed by atoms with Gasteiger partial charge in [-0.25, -0.2) is 9.18 Å². The number of carbonyl (C=O) groups is 2. The van der Waals surface area contributed by atoms with E-state index >= 15 is 0 Å². The molecule has 0 aromatic heterocycles. The summed E-state index contributed by atoms with van der Waals surface area (Å²) in [6.45, 7) is -0.0940. The number of rotatable bonds is 8. The third-order valence-corrected chi connectivity index (χ3v) is 3.40. The lowest BCUT2D eigenvalue weighted by molar-refractivity contribution is -0.146. The van der Waals surface area contributed by atoms with Crippen molar-refractivity contribution < 1.29 is 23.5 Å². The minimum atomic E-state index is -0.515. The van der Waals surface area contributed by atoms with E-state index in [2.05, 4.69) is 0 Å². The molecule has 0 heterocycles. The molecule has 0 spiro atoms. The van der Waals surface area contributed by atoms with E-state index < -0.39 is 5.97 Å². The Morgan fingerprint density at radius 3 is 2.33 bits per heavy atom. The predicted molar refractivity (Wildman–Crippen MR) is 87.9 cm³/mol. The number of hydrogen-bond acceptors (Lipinski definition) is 4. The molecule has 0 N–H and O–H groups in total. The van der Waals surface area contributed by atoms with E-state index in [4.69, 9.17) is 21.1 Å². The van der Waals surface area contributed by atoms with Crippen LogP contribution in [0.2, 0.25) is 5.02 Å². The highest BCUT2D eigenvalue weighted by molar-refractivity contribution is 6.30. The van der Waals surface area contributed by atoms with Crippen molar-refractivity contribution in [1.82, 2.24) is 0 Å². The lowest BCUT2D eigenvalue weighted by atomic mass is 10.1. The van der Waals surface area contributed by atoms with Crippen molar-refractivity contribution in [3.63, 3.8) is 0 Å². The molecule has 0 radical (unpaired) electrons. The van der Waals surface area contributed by atoms with Crippen LogP contribution in [-0.2, 0) is 9.53 Å². The van der Waals surface area contributed by atoms with Crippen molar-refractivity contribution in [2.75, 3.05) is 13.2 Å². The van der Waals surface area contributed by atoms with E-state index in [1.807, 2.05) is 0 Å². The van der Waals surface area contributed by atoms with Crippen LogP contribution in [0.4, 0.5) is 4.39 Å². The third kappa shape index (κ3) is 6.01. The van der Waals surface area contributed by atoms with Gasteiger partial charge >= 0.3 is 5.97 Å². The Morgan fingerprint density at radius 1 is 1.00 bits per heavy atom. The molecular weight excluding hydrogens is 335 g/mol. The number of esters is 1. The topological polar surface area (TPSA) is 52.6 Å². The molecule has 0 aliphatic carbocycles. The maximum absolute atomic E-state index is 12.8. The molecule has 0 saturated heterocycles. The first-order chi connectivity index (χ1) is 11.5. The molecular formula is C18H16ClFO4. The Hall–Kier alpha value is -2.40. The number of benzene rings is 2. The maximum Gasteiger partial charge on any atom is 0.344 e. The first-order valence-corrected chi connectivity index (χ1v) is 7.75. The first kappa shape index (κ1) is 17.9. The summed E-state index contributed by atoms with van der Waals surface area (Å²) in [5, 5.41) is 0.579. The summed E-state index contributed by atoms with van der Waals surface area (Å²) in [7, 11) is 0. The zero-order chi connectivity index (χ0) is 17.4. The molecule has 0 saturated carbocycles. The van der Waals surface area contributed by atoms with Crippen molar-refractivity contribution in [2.45, 2.75) is 12.8 Å². The fraction of sp³-hybridized carbons (Fsp3) is 0.222. The largest absolute Gasteiger partial charge is 0.482 e. The summed E-state index contributed by atoms with van der Waals surface area (Å²) in [5.41, 5.74) is 0.439.